The first-order chi connectivity index (χ1) is 13.2. The van der Waals surface area contributed by atoms with E-state index in [2.05, 4.69) is 0 Å². The molecule has 1 amide bonds. The Morgan fingerprint density at radius 2 is 1.93 bits per heavy atom. The van der Waals surface area contributed by atoms with E-state index in [1.807, 2.05) is 0 Å². The molecule has 3 rings (SSSR count). The van der Waals surface area contributed by atoms with Crippen molar-refractivity contribution in [3.05, 3.63) is 58.8 Å². The molecule has 10 heteroatoms. The summed E-state index contributed by atoms with van der Waals surface area (Å²) in [5, 5.41) is 0. The highest BCUT2D eigenvalue weighted by molar-refractivity contribution is 8.27. The molecule has 0 aliphatic carbocycles. The molecule has 1 fully saturated rings. The van der Waals surface area contributed by atoms with E-state index in [-0.39, 0.29) is 21.7 Å². The van der Waals surface area contributed by atoms with Crippen LogP contribution in [0.2, 0.25) is 0 Å². The van der Waals surface area contributed by atoms with Crippen LogP contribution >= 0.6 is 24.0 Å². The topological polar surface area (TPSA) is 72.9 Å². The standard InChI is InChI=1S/C18H14FNO5S3/c1-24-15-8-11(6-7-14(15)25-28(2,22)23)9-16-17(21)20(18(26)27-16)13-5-3-4-12(19)10-13/h3-10H,1-2H3/b16-9-. The van der Waals surface area contributed by atoms with Gasteiger partial charge in [-0.25, -0.2) is 4.39 Å². The highest BCUT2D eigenvalue weighted by atomic mass is 32.2. The van der Waals surface area contributed by atoms with Gasteiger partial charge in [-0.05, 0) is 42.0 Å². The third kappa shape index (κ3) is 4.51. The number of carbonyl (C=O) groups is 1. The Labute approximate surface area is 171 Å². The van der Waals surface area contributed by atoms with Crippen molar-refractivity contribution in [3.8, 4) is 11.5 Å². The SMILES string of the molecule is COc1cc(/C=C2\SC(=S)N(c3cccc(F)c3)C2=O)ccc1OS(C)(=O)=O. The zero-order chi connectivity index (χ0) is 20.5. The molecule has 1 aliphatic rings. The molecule has 2 aromatic rings. The lowest BCUT2D eigenvalue weighted by atomic mass is 10.2. The Bertz CT molecular complexity index is 1100. The van der Waals surface area contributed by atoms with E-state index in [0.717, 1.165) is 18.0 Å². The second-order valence-electron chi connectivity index (χ2n) is 5.69. The molecule has 0 unspecified atom stereocenters. The van der Waals surface area contributed by atoms with Crippen LogP contribution in [-0.2, 0) is 14.9 Å². The zero-order valence-corrected chi connectivity index (χ0v) is 17.2. The second kappa shape index (κ2) is 7.90. The summed E-state index contributed by atoms with van der Waals surface area (Å²) >= 11 is 6.34. The van der Waals surface area contributed by atoms with Crippen LogP contribution in [0.4, 0.5) is 10.1 Å². The van der Waals surface area contributed by atoms with E-state index >= 15 is 0 Å². The molecule has 1 heterocycles. The number of amides is 1. The van der Waals surface area contributed by atoms with E-state index in [4.69, 9.17) is 21.1 Å². The third-order valence-corrected chi connectivity index (χ3v) is 5.37. The predicted octanol–water partition coefficient (Wildman–Crippen LogP) is 3.58. The normalized spacial score (nSPS) is 16.0. The number of methoxy groups -OCH3 is 1. The number of carbonyl (C=O) groups excluding carboxylic acids is 1. The number of thioether (sulfide) groups is 1. The number of hydrogen-bond acceptors (Lipinski definition) is 7. The fraction of sp³-hybridized carbons (Fsp3) is 0.111. The molecule has 0 atom stereocenters. The van der Waals surface area contributed by atoms with Gasteiger partial charge in [-0.3, -0.25) is 9.69 Å². The Kier molecular flexibility index (Phi) is 5.73. The van der Waals surface area contributed by atoms with E-state index in [0.29, 0.717) is 16.2 Å². The Morgan fingerprint density at radius 3 is 2.57 bits per heavy atom. The maximum atomic E-state index is 13.5. The van der Waals surface area contributed by atoms with Crippen LogP contribution in [0.15, 0.2) is 47.4 Å². The highest BCUT2D eigenvalue weighted by Gasteiger charge is 2.33. The van der Waals surface area contributed by atoms with Crippen molar-refractivity contribution < 1.29 is 26.5 Å². The lowest BCUT2D eigenvalue weighted by molar-refractivity contribution is -0.113. The van der Waals surface area contributed by atoms with Gasteiger partial charge < -0.3 is 8.92 Å². The zero-order valence-electron chi connectivity index (χ0n) is 14.7. The number of halogens is 1. The van der Waals surface area contributed by atoms with Gasteiger partial charge in [-0.15, -0.1) is 0 Å². The monoisotopic (exact) mass is 439 g/mol. The van der Waals surface area contributed by atoms with Crippen LogP contribution in [0.5, 0.6) is 11.5 Å². The largest absolute Gasteiger partial charge is 0.493 e. The number of thiocarbonyl (C=S) groups is 1. The van der Waals surface area contributed by atoms with Crippen molar-refractivity contribution in [3.63, 3.8) is 0 Å². The van der Waals surface area contributed by atoms with Gasteiger partial charge in [-0.1, -0.05) is 36.1 Å². The minimum absolute atomic E-state index is 0.0365. The minimum Gasteiger partial charge on any atom is -0.493 e. The molecule has 0 aromatic heterocycles. The summed E-state index contributed by atoms with van der Waals surface area (Å²) in [6.07, 6.45) is 2.52. The van der Waals surface area contributed by atoms with Crippen molar-refractivity contribution in [1.82, 2.24) is 0 Å². The van der Waals surface area contributed by atoms with E-state index in [1.54, 1.807) is 18.2 Å². The first-order valence-corrected chi connectivity index (χ1v) is 10.8. The van der Waals surface area contributed by atoms with E-state index in [9.17, 15) is 17.6 Å². The average molecular weight is 440 g/mol. The molecule has 0 spiro atoms. The first kappa shape index (κ1) is 20.3. The molecule has 0 radical (unpaired) electrons. The van der Waals surface area contributed by atoms with Gasteiger partial charge in [0.2, 0.25) is 0 Å². The number of rotatable bonds is 5. The summed E-state index contributed by atoms with van der Waals surface area (Å²) in [7, 11) is -2.34. The van der Waals surface area contributed by atoms with E-state index < -0.39 is 15.9 Å². The Balaban J connectivity index is 1.91. The van der Waals surface area contributed by atoms with Crippen LogP contribution in [0, 0.1) is 5.82 Å². The Hall–Kier alpha value is -2.43. The molecule has 2 aromatic carbocycles. The summed E-state index contributed by atoms with van der Waals surface area (Å²) in [5.41, 5.74) is 0.929. The summed E-state index contributed by atoms with van der Waals surface area (Å²) in [6, 6.07) is 10.2. The quantitative estimate of drug-likeness (QED) is 0.401. The number of ether oxygens (including phenoxy) is 1. The van der Waals surface area contributed by atoms with Crippen LogP contribution in [0.1, 0.15) is 5.56 Å². The first-order valence-electron chi connectivity index (χ1n) is 7.79. The molecule has 0 bridgehead atoms. The van der Waals surface area contributed by atoms with Gasteiger partial charge in [0.05, 0.1) is 24.0 Å². The van der Waals surface area contributed by atoms with Crippen LogP contribution in [0.25, 0.3) is 6.08 Å². The Morgan fingerprint density at radius 1 is 1.18 bits per heavy atom. The van der Waals surface area contributed by atoms with Gasteiger partial charge in [0, 0.05) is 0 Å². The number of nitrogens with zero attached hydrogens (tertiary/aromatic N) is 1. The van der Waals surface area contributed by atoms with Crippen molar-refractivity contribution in [2.24, 2.45) is 0 Å². The van der Waals surface area contributed by atoms with Crippen LogP contribution < -0.4 is 13.8 Å². The molecule has 1 aliphatic heterocycles. The van der Waals surface area contributed by atoms with Gasteiger partial charge in [0.15, 0.2) is 15.8 Å². The van der Waals surface area contributed by atoms with Crippen LogP contribution in [-0.4, -0.2) is 32.0 Å². The molecular weight excluding hydrogens is 425 g/mol. The van der Waals surface area contributed by atoms with E-state index in [1.165, 1.54) is 42.3 Å². The van der Waals surface area contributed by atoms with Gasteiger partial charge >= 0.3 is 10.1 Å². The smallest absolute Gasteiger partial charge is 0.306 e. The molecule has 0 N–H and O–H groups in total. The predicted molar refractivity (Wildman–Crippen MR) is 111 cm³/mol. The lowest BCUT2D eigenvalue weighted by Crippen LogP contribution is -2.27. The summed E-state index contributed by atoms with van der Waals surface area (Å²) in [6.45, 7) is 0. The molecular formula is C18H14FNO5S3. The van der Waals surface area contributed by atoms with Crippen molar-refractivity contribution >= 4 is 56.1 Å². The molecule has 146 valence electrons. The second-order valence-corrected chi connectivity index (χ2v) is 8.95. The van der Waals surface area contributed by atoms with Gasteiger partial charge in [0.1, 0.15) is 5.82 Å². The molecule has 0 saturated carbocycles. The summed E-state index contributed by atoms with van der Waals surface area (Å²) in [4.78, 5) is 14.3. The molecule has 28 heavy (non-hydrogen) atoms. The number of hydrogen-bond donors (Lipinski definition) is 0. The molecule has 6 nitrogen and oxygen atoms in total. The van der Waals surface area contributed by atoms with Gasteiger partial charge in [0.25, 0.3) is 5.91 Å². The number of benzene rings is 2. The summed E-state index contributed by atoms with van der Waals surface area (Å²) in [5.74, 6) is -0.619. The lowest BCUT2D eigenvalue weighted by Gasteiger charge is -2.14. The van der Waals surface area contributed by atoms with Gasteiger partial charge in [-0.2, -0.15) is 8.42 Å². The molecule has 1 saturated heterocycles. The van der Waals surface area contributed by atoms with Crippen molar-refractivity contribution in [1.29, 1.82) is 0 Å². The fourth-order valence-electron chi connectivity index (χ4n) is 2.46. The maximum absolute atomic E-state index is 13.5. The third-order valence-electron chi connectivity index (χ3n) is 3.59. The fourth-order valence-corrected chi connectivity index (χ4v) is 4.23. The summed E-state index contributed by atoms with van der Waals surface area (Å²) < 4.78 is 46.4. The minimum atomic E-state index is -3.71. The van der Waals surface area contributed by atoms with Crippen molar-refractivity contribution in [2.75, 3.05) is 18.3 Å². The van der Waals surface area contributed by atoms with Crippen LogP contribution in [0.3, 0.4) is 0 Å². The number of anilines is 1. The maximum Gasteiger partial charge on any atom is 0.306 e. The van der Waals surface area contributed by atoms with Crippen molar-refractivity contribution in [2.45, 2.75) is 0 Å². The highest BCUT2D eigenvalue weighted by Crippen LogP contribution is 2.37. The average Bonchev–Trinajstić information content (AvgIpc) is 2.88.